The first-order valence-corrected chi connectivity index (χ1v) is 13.8. The van der Waals surface area contributed by atoms with Crippen molar-refractivity contribution in [1.29, 1.82) is 0 Å². The molecule has 1 unspecified atom stereocenters. The van der Waals surface area contributed by atoms with Crippen molar-refractivity contribution in [3.8, 4) is 17.0 Å². The van der Waals surface area contributed by atoms with Gasteiger partial charge in [0.05, 0.1) is 24.7 Å². The molecule has 0 spiro atoms. The van der Waals surface area contributed by atoms with Crippen molar-refractivity contribution < 1.29 is 26.3 Å². The molecule has 0 N–H and O–H groups in total. The van der Waals surface area contributed by atoms with Crippen molar-refractivity contribution >= 4 is 15.7 Å². The van der Waals surface area contributed by atoms with Gasteiger partial charge in [-0.15, -0.1) is 0 Å². The Morgan fingerprint density at radius 3 is 2.57 bits per heavy atom. The van der Waals surface area contributed by atoms with E-state index in [0.29, 0.717) is 24.4 Å². The summed E-state index contributed by atoms with van der Waals surface area (Å²) >= 11 is 0. The smallest absolute Gasteiger partial charge is 0.211 e. The normalized spacial score (nSPS) is 14.4. The van der Waals surface area contributed by atoms with Gasteiger partial charge in [0.15, 0.2) is 17.4 Å². The Hall–Kier alpha value is -3.18. The molecule has 0 saturated heterocycles. The Morgan fingerprint density at radius 1 is 1.14 bits per heavy atom. The predicted octanol–water partition coefficient (Wildman–Crippen LogP) is 4.54. The van der Waals surface area contributed by atoms with Crippen molar-refractivity contribution in [2.75, 3.05) is 31.4 Å². The molecule has 1 aliphatic heterocycles. The van der Waals surface area contributed by atoms with E-state index in [1.54, 1.807) is 12.1 Å². The lowest BCUT2D eigenvalue weighted by molar-refractivity contribution is 0.285. The fourth-order valence-electron chi connectivity index (χ4n) is 4.18. The fraction of sp³-hybridized carbons (Fsp3) is 0.385. The zero-order chi connectivity index (χ0) is 26.9. The van der Waals surface area contributed by atoms with E-state index in [0.717, 1.165) is 23.2 Å². The second kappa shape index (κ2) is 10.7. The summed E-state index contributed by atoms with van der Waals surface area (Å²) in [7, 11) is -2.09. The minimum absolute atomic E-state index is 0.0618. The maximum atomic E-state index is 15.0. The summed E-state index contributed by atoms with van der Waals surface area (Å²) in [5, 5.41) is 0. The lowest BCUT2D eigenvalue weighted by Gasteiger charge is -2.36. The van der Waals surface area contributed by atoms with Crippen LogP contribution in [0.4, 0.5) is 18.9 Å². The van der Waals surface area contributed by atoms with Gasteiger partial charge in [-0.1, -0.05) is 19.1 Å². The minimum atomic E-state index is -3.46. The molecule has 0 radical (unpaired) electrons. The molecule has 11 heteroatoms. The molecule has 4 rings (SSSR count). The average molecular weight is 535 g/mol. The molecule has 0 saturated carbocycles. The highest BCUT2D eigenvalue weighted by molar-refractivity contribution is 7.88. The monoisotopic (exact) mass is 534 g/mol. The lowest BCUT2D eigenvalue weighted by Crippen LogP contribution is -2.39. The molecular weight excluding hydrogens is 505 g/mol. The molecule has 1 aromatic heterocycles. The molecule has 1 atom stereocenters. The summed E-state index contributed by atoms with van der Waals surface area (Å²) in [5.74, 6) is -1.51. The molecule has 0 aliphatic carbocycles. The molecule has 7 nitrogen and oxygen atoms in total. The molecule has 1 aliphatic rings. The second-order valence-corrected chi connectivity index (χ2v) is 11.3. The third-order valence-corrected chi connectivity index (χ3v) is 7.80. The predicted molar refractivity (Wildman–Crippen MR) is 135 cm³/mol. The molecule has 3 aromatic rings. The van der Waals surface area contributed by atoms with E-state index >= 15 is 0 Å². The van der Waals surface area contributed by atoms with E-state index in [9.17, 15) is 21.6 Å². The summed E-state index contributed by atoms with van der Waals surface area (Å²) in [5.41, 5.74) is 1.48. The molecule has 2 aromatic carbocycles. The summed E-state index contributed by atoms with van der Waals surface area (Å²) in [6.45, 7) is 4.91. The average Bonchev–Trinajstić information content (AvgIpc) is 2.85. The fourth-order valence-corrected chi connectivity index (χ4v) is 4.55. The van der Waals surface area contributed by atoms with Gasteiger partial charge >= 0.3 is 0 Å². The molecular formula is C26H29F3N4O3S. The van der Waals surface area contributed by atoms with Gasteiger partial charge in [0.25, 0.3) is 0 Å². The zero-order valence-electron chi connectivity index (χ0n) is 21.1. The standard InChI is InChI=1S/C26H29F3N4O3S/c1-5-16(2)33-8-9-36-26-21(28)12-19(13-23(26)33)25-22(29)14-30-24(31-25)11-17-6-7-18(20(27)10-17)15-32(3)37(4,34)35/h6-7,10,12-14,16H,5,8-9,11,15H2,1-4H3. The summed E-state index contributed by atoms with van der Waals surface area (Å²) in [6, 6.07) is 7.42. The Labute approximate surface area is 215 Å². The van der Waals surface area contributed by atoms with Crippen LogP contribution in [0.25, 0.3) is 11.3 Å². The van der Waals surface area contributed by atoms with E-state index in [-0.39, 0.29) is 47.4 Å². The first-order valence-electron chi connectivity index (χ1n) is 11.9. The Balaban J connectivity index is 1.63. The number of benzene rings is 2. The molecule has 37 heavy (non-hydrogen) atoms. The SMILES string of the molecule is CCC(C)N1CCOc2c(F)cc(-c3nc(Cc4ccc(CN(C)S(C)(=O)=O)c(F)c4)ncc3F)cc21. The topological polar surface area (TPSA) is 75.6 Å². The number of fused-ring (bicyclic) bond motifs is 1. The number of halogens is 3. The van der Waals surface area contributed by atoms with Crippen LogP contribution in [-0.2, 0) is 23.0 Å². The van der Waals surface area contributed by atoms with Crippen LogP contribution in [0.5, 0.6) is 5.75 Å². The van der Waals surface area contributed by atoms with Gasteiger partial charge in [0, 0.05) is 37.2 Å². The van der Waals surface area contributed by atoms with Crippen molar-refractivity contribution in [3.63, 3.8) is 0 Å². The van der Waals surface area contributed by atoms with Crippen molar-refractivity contribution in [2.24, 2.45) is 0 Å². The third kappa shape index (κ3) is 5.88. The van der Waals surface area contributed by atoms with Gasteiger partial charge < -0.3 is 9.64 Å². The quantitative estimate of drug-likeness (QED) is 0.423. The Bertz CT molecular complexity index is 1420. The van der Waals surface area contributed by atoms with E-state index in [4.69, 9.17) is 4.74 Å². The first kappa shape index (κ1) is 26.9. The zero-order valence-corrected chi connectivity index (χ0v) is 21.9. The van der Waals surface area contributed by atoms with Crippen molar-refractivity contribution in [1.82, 2.24) is 14.3 Å². The van der Waals surface area contributed by atoms with Crippen LogP contribution < -0.4 is 9.64 Å². The molecule has 0 bridgehead atoms. The number of sulfonamides is 1. The number of nitrogens with zero attached hydrogens (tertiary/aromatic N) is 4. The maximum Gasteiger partial charge on any atom is 0.211 e. The van der Waals surface area contributed by atoms with Gasteiger partial charge in [-0.05, 0) is 37.1 Å². The second-order valence-electron chi connectivity index (χ2n) is 9.21. The van der Waals surface area contributed by atoms with Crippen LogP contribution in [0.15, 0.2) is 36.5 Å². The highest BCUT2D eigenvalue weighted by Gasteiger charge is 2.26. The molecule has 198 valence electrons. The summed E-state index contributed by atoms with van der Waals surface area (Å²) in [6.07, 6.45) is 3.01. The van der Waals surface area contributed by atoms with Crippen LogP contribution in [0.2, 0.25) is 0 Å². The van der Waals surface area contributed by atoms with Gasteiger partial charge in [0.1, 0.15) is 23.9 Å². The largest absolute Gasteiger partial charge is 0.486 e. The number of rotatable bonds is 8. The number of hydrogen-bond donors (Lipinski definition) is 0. The minimum Gasteiger partial charge on any atom is -0.486 e. The summed E-state index contributed by atoms with van der Waals surface area (Å²) < 4.78 is 74.3. The van der Waals surface area contributed by atoms with Crippen LogP contribution >= 0.6 is 0 Å². The first-order chi connectivity index (χ1) is 17.5. The number of anilines is 1. The van der Waals surface area contributed by atoms with Crippen LogP contribution in [0, 0.1) is 17.5 Å². The van der Waals surface area contributed by atoms with Gasteiger partial charge in [0.2, 0.25) is 10.0 Å². The van der Waals surface area contributed by atoms with Gasteiger partial charge in [-0.3, -0.25) is 0 Å². The van der Waals surface area contributed by atoms with E-state index in [1.807, 2.05) is 18.7 Å². The van der Waals surface area contributed by atoms with E-state index in [1.165, 1.54) is 25.2 Å². The van der Waals surface area contributed by atoms with Crippen LogP contribution in [-0.4, -0.2) is 55.2 Å². The lowest BCUT2D eigenvalue weighted by atomic mass is 10.0. The van der Waals surface area contributed by atoms with Crippen LogP contribution in [0.3, 0.4) is 0 Å². The van der Waals surface area contributed by atoms with Crippen molar-refractivity contribution in [2.45, 2.75) is 39.3 Å². The highest BCUT2D eigenvalue weighted by atomic mass is 32.2. The maximum absolute atomic E-state index is 15.0. The number of hydrogen-bond acceptors (Lipinski definition) is 6. The van der Waals surface area contributed by atoms with E-state index < -0.39 is 27.5 Å². The summed E-state index contributed by atoms with van der Waals surface area (Å²) in [4.78, 5) is 10.4. The van der Waals surface area contributed by atoms with E-state index in [2.05, 4.69) is 9.97 Å². The molecule has 2 heterocycles. The molecule has 0 fully saturated rings. The Kier molecular flexibility index (Phi) is 7.75. The van der Waals surface area contributed by atoms with Crippen LogP contribution in [0.1, 0.15) is 37.2 Å². The number of aromatic nitrogens is 2. The van der Waals surface area contributed by atoms with Crippen molar-refractivity contribution in [3.05, 3.63) is 70.9 Å². The number of ether oxygens (including phenoxy) is 1. The molecule has 0 amide bonds. The van der Waals surface area contributed by atoms with Gasteiger partial charge in [-0.2, -0.15) is 0 Å². The third-order valence-electron chi connectivity index (χ3n) is 6.54. The Morgan fingerprint density at radius 2 is 1.89 bits per heavy atom. The van der Waals surface area contributed by atoms with Gasteiger partial charge in [-0.25, -0.2) is 35.9 Å². The highest BCUT2D eigenvalue weighted by Crippen LogP contribution is 2.39.